The van der Waals surface area contributed by atoms with Crippen LogP contribution >= 0.6 is 23.2 Å². The maximum absolute atomic E-state index is 12.8. The summed E-state index contributed by atoms with van der Waals surface area (Å²) in [7, 11) is 0. The summed E-state index contributed by atoms with van der Waals surface area (Å²) in [6.07, 6.45) is 1.48. The summed E-state index contributed by atoms with van der Waals surface area (Å²) in [6.45, 7) is 2.49. The van der Waals surface area contributed by atoms with E-state index in [1.54, 1.807) is 48.5 Å². The van der Waals surface area contributed by atoms with Crippen molar-refractivity contribution >= 4 is 46.8 Å². The first kappa shape index (κ1) is 22.7. The van der Waals surface area contributed by atoms with E-state index in [1.165, 1.54) is 11.1 Å². The van der Waals surface area contributed by atoms with Crippen molar-refractivity contribution in [3.05, 3.63) is 93.5 Å². The van der Waals surface area contributed by atoms with E-state index in [9.17, 15) is 9.59 Å². The van der Waals surface area contributed by atoms with Crippen molar-refractivity contribution in [1.29, 1.82) is 0 Å². The Kier molecular flexibility index (Phi) is 6.87. The second kappa shape index (κ2) is 9.98. The number of para-hydroxylation sites is 1. The van der Waals surface area contributed by atoms with Gasteiger partial charge in [-0.05, 0) is 60.5 Å². The van der Waals surface area contributed by atoms with Gasteiger partial charge >= 0.3 is 0 Å². The van der Waals surface area contributed by atoms with Crippen molar-refractivity contribution < 1.29 is 19.1 Å². The Morgan fingerprint density at radius 1 is 0.970 bits per heavy atom. The van der Waals surface area contributed by atoms with Crippen molar-refractivity contribution in [3.8, 4) is 11.5 Å². The summed E-state index contributed by atoms with van der Waals surface area (Å²) < 4.78 is 11.6. The van der Waals surface area contributed by atoms with Crippen LogP contribution in [0.2, 0.25) is 10.0 Å². The third-order valence-corrected chi connectivity index (χ3v) is 5.38. The standard InChI is InChI=1S/C25H20Cl2N2O4/c1-2-32-22-14-17(13-21(27)23(22)33-15-16-8-10-18(26)11-9-16)12-20-24(30)28-29(25(20)31)19-6-4-3-5-7-19/h3-14H,2,15H2,1H3,(H,28,30)/b20-12+. The second-order valence-corrected chi connectivity index (χ2v) is 8.00. The summed E-state index contributed by atoms with van der Waals surface area (Å²) in [6, 6.07) is 19.5. The minimum Gasteiger partial charge on any atom is -0.490 e. The largest absolute Gasteiger partial charge is 0.490 e. The lowest BCUT2D eigenvalue weighted by Crippen LogP contribution is -2.35. The molecule has 3 aromatic carbocycles. The molecule has 6 nitrogen and oxygen atoms in total. The Hall–Kier alpha value is -3.48. The Balaban J connectivity index is 1.60. The fourth-order valence-corrected chi connectivity index (χ4v) is 3.69. The van der Waals surface area contributed by atoms with Crippen LogP contribution < -0.4 is 19.9 Å². The topological polar surface area (TPSA) is 67.9 Å². The van der Waals surface area contributed by atoms with Gasteiger partial charge in [-0.2, -0.15) is 0 Å². The summed E-state index contributed by atoms with van der Waals surface area (Å²) in [5.74, 6) is -0.162. The summed E-state index contributed by atoms with van der Waals surface area (Å²) in [5, 5.41) is 2.15. The van der Waals surface area contributed by atoms with Crippen LogP contribution in [0.15, 0.2) is 72.3 Å². The lowest BCUT2D eigenvalue weighted by atomic mass is 10.1. The molecule has 0 unspecified atom stereocenters. The molecule has 1 saturated heterocycles. The van der Waals surface area contributed by atoms with Crippen molar-refractivity contribution in [2.75, 3.05) is 11.6 Å². The number of rotatable bonds is 7. The second-order valence-electron chi connectivity index (χ2n) is 7.15. The van der Waals surface area contributed by atoms with Gasteiger partial charge < -0.3 is 9.47 Å². The highest BCUT2D eigenvalue weighted by molar-refractivity contribution is 6.33. The SMILES string of the molecule is CCOc1cc(/C=C2\C(=O)NN(c3ccccc3)C2=O)cc(Cl)c1OCc1ccc(Cl)cc1. The van der Waals surface area contributed by atoms with E-state index in [1.807, 2.05) is 25.1 Å². The minimum absolute atomic E-state index is 0.00722. The first-order valence-electron chi connectivity index (χ1n) is 10.2. The molecule has 2 amide bonds. The average molecular weight is 483 g/mol. The van der Waals surface area contributed by atoms with Crippen molar-refractivity contribution in [2.45, 2.75) is 13.5 Å². The Bertz CT molecular complexity index is 1210. The molecule has 33 heavy (non-hydrogen) atoms. The van der Waals surface area contributed by atoms with E-state index in [4.69, 9.17) is 32.7 Å². The number of carbonyl (C=O) groups is 2. The molecule has 168 valence electrons. The van der Waals surface area contributed by atoms with Gasteiger partial charge in [-0.3, -0.25) is 15.0 Å². The van der Waals surface area contributed by atoms with Crippen LogP contribution in [0.1, 0.15) is 18.1 Å². The van der Waals surface area contributed by atoms with Crippen LogP contribution in [-0.2, 0) is 16.2 Å². The van der Waals surface area contributed by atoms with Gasteiger partial charge in [-0.1, -0.05) is 53.5 Å². The lowest BCUT2D eigenvalue weighted by Gasteiger charge is -2.15. The maximum Gasteiger partial charge on any atom is 0.282 e. The van der Waals surface area contributed by atoms with E-state index in [-0.39, 0.29) is 12.2 Å². The van der Waals surface area contributed by atoms with Gasteiger partial charge in [-0.15, -0.1) is 0 Å². The van der Waals surface area contributed by atoms with Gasteiger partial charge in [0.25, 0.3) is 11.8 Å². The fourth-order valence-electron chi connectivity index (χ4n) is 3.29. The highest BCUT2D eigenvalue weighted by Gasteiger charge is 2.34. The average Bonchev–Trinajstić information content (AvgIpc) is 3.09. The van der Waals surface area contributed by atoms with Crippen LogP contribution in [0.5, 0.6) is 11.5 Å². The summed E-state index contributed by atoms with van der Waals surface area (Å²) in [4.78, 5) is 25.3. The van der Waals surface area contributed by atoms with Gasteiger partial charge in [0.15, 0.2) is 11.5 Å². The first-order valence-corrected chi connectivity index (χ1v) is 11.0. The van der Waals surface area contributed by atoms with E-state index in [0.29, 0.717) is 39.4 Å². The predicted molar refractivity (Wildman–Crippen MR) is 128 cm³/mol. The normalized spacial score (nSPS) is 14.5. The van der Waals surface area contributed by atoms with Gasteiger partial charge in [0.2, 0.25) is 0 Å². The molecular formula is C25H20Cl2N2O4. The molecule has 1 aliphatic rings. The Labute approximate surface area is 201 Å². The number of anilines is 1. The Morgan fingerprint density at radius 2 is 1.70 bits per heavy atom. The smallest absolute Gasteiger partial charge is 0.282 e. The van der Waals surface area contributed by atoms with Crippen molar-refractivity contribution in [2.24, 2.45) is 0 Å². The first-order chi connectivity index (χ1) is 16.0. The van der Waals surface area contributed by atoms with Crippen LogP contribution in [0.3, 0.4) is 0 Å². The highest BCUT2D eigenvalue weighted by Crippen LogP contribution is 2.38. The van der Waals surface area contributed by atoms with E-state index < -0.39 is 11.8 Å². The van der Waals surface area contributed by atoms with Crippen LogP contribution in [0, 0.1) is 0 Å². The van der Waals surface area contributed by atoms with Crippen molar-refractivity contribution in [3.63, 3.8) is 0 Å². The number of ether oxygens (including phenoxy) is 2. The minimum atomic E-state index is -0.499. The molecule has 1 aliphatic heterocycles. The van der Waals surface area contributed by atoms with Gasteiger partial charge in [-0.25, -0.2) is 5.01 Å². The number of hydrogen-bond acceptors (Lipinski definition) is 4. The molecule has 0 bridgehead atoms. The van der Waals surface area contributed by atoms with E-state index in [2.05, 4.69) is 5.43 Å². The Morgan fingerprint density at radius 3 is 2.39 bits per heavy atom. The molecule has 0 aromatic heterocycles. The molecule has 0 radical (unpaired) electrons. The van der Waals surface area contributed by atoms with E-state index in [0.717, 1.165) is 5.56 Å². The molecule has 0 saturated carbocycles. The van der Waals surface area contributed by atoms with E-state index >= 15 is 0 Å². The summed E-state index contributed by atoms with van der Waals surface area (Å²) in [5.41, 5.74) is 4.59. The fraction of sp³-hybridized carbons (Fsp3) is 0.120. The third-order valence-electron chi connectivity index (χ3n) is 4.84. The van der Waals surface area contributed by atoms with Gasteiger partial charge in [0, 0.05) is 5.02 Å². The molecule has 0 spiro atoms. The predicted octanol–water partition coefficient (Wildman–Crippen LogP) is 5.43. The molecule has 1 heterocycles. The van der Waals surface area contributed by atoms with Crippen LogP contribution in [-0.4, -0.2) is 18.4 Å². The van der Waals surface area contributed by atoms with Crippen LogP contribution in [0.4, 0.5) is 5.69 Å². The maximum atomic E-state index is 12.8. The molecule has 0 atom stereocenters. The molecular weight excluding hydrogens is 463 g/mol. The zero-order chi connectivity index (χ0) is 23.4. The highest BCUT2D eigenvalue weighted by atomic mass is 35.5. The number of benzene rings is 3. The monoisotopic (exact) mass is 482 g/mol. The number of hydrogen-bond donors (Lipinski definition) is 1. The molecule has 8 heteroatoms. The zero-order valence-electron chi connectivity index (χ0n) is 17.7. The lowest BCUT2D eigenvalue weighted by molar-refractivity contribution is -0.117. The molecule has 1 N–H and O–H groups in total. The number of nitrogens with zero attached hydrogens (tertiary/aromatic N) is 1. The molecule has 1 fully saturated rings. The molecule has 3 aromatic rings. The molecule has 0 aliphatic carbocycles. The number of carbonyl (C=O) groups excluding carboxylic acids is 2. The number of halogens is 2. The quantitative estimate of drug-likeness (QED) is 0.360. The molecule has 4 rings (SSSR count). The number of hydrazine groups is 1. The third kappa shape index (κ3) is 5.13. The zero-order valence-corrected chi connectivity index (χ0v) is 19.2. The van der Waals surface area contributed by atoms with Gasteiger partial charge in [0.05, 0.1) is 17.3 Å². The number of amides is 2. The number of nitrogens with one attached hydrogen (secondary N) is 1. The van der Waals surface area contributed by atoms with Crippen molar-refractivity contribution in [1.82, 2.24) is 5.43 Å². The van der Waals surface area contributed by atoms with Gasteiger partial charge in [0.1, 0.15) is 12.2 Å². The summed E-state index contributed by atoms with van der Waals surface area (Å²) >= 11 is 12.4. The van der Waals surface area contributed by atoms with Crippen LogP contribution in [0.25, 0.3) is 6.08 Å².